The van der Waals surface area contributed by atoms with Crippen molar-refractivity contribution in [3.05, 3.63) is 0 Å². The second-order valence-electron chi connectivity index (χ2n) is 8.10. The molecular formula is C19H38N4. The predicted molar refractivity (Wildman–Crippen MR) is 98.0 cm³/mol. The number of nitrogens with zero attached hydrogens (tertiary/aromatic N) is 4. The zero-order valence-electron chi connectivity index (χ0n) is 15.7. The Morgan fingerprint density at radius 2 is 1.17 bits per heavy atom. The third kappa shape index (κ3) is 4.47. The molecule has 4 nitrogen and oxygen atoms in total. The summed E-state index contributed by atoms with van der Waals surface area (Å²) < 4.78 is 0. The summed E-state index contributed by atoms with van der Waals surface area (Å²) in [5.41, 5.74) is 0. The Hall–Kier alpha value is -0.160. The number of likely N-dealkylation sites (tertiary alicyclic amines) is 2. The topological polar surface area (TPSA) is 13.0 Å². The molecule has 0 bridgehead atoms. The Bertz CT molecular complexity index is 335. The van der Waals surface area contributed by atoms with Gasteiger partial charge in [0.2, 0.25) is 0 Å². The minimum atomic E-state index is 0.725. The SMILES string of the molecule is CCN1CCN(C2CCN(C3CCN(C(C)C)CC3)CC2)CC1. The molecule has 23 heavy (non-hydrogen) atoms. The van der Waals surface area contributed by atoms with Crippen LogP contribution in [0.25, 0.3) is 0 Å². The quantitative estimate of drug-likeness (QED) is 0.784. The second kappa shape index (κ2) is 8.28. The van der Waals surface area contributed by atoms with Crippen molar-refractivity contribution in [2.24, 2.45) is 0 Å². The Kier molecular flexibility index (Phi) is 6.36. The lowest BCUT2D eigenvalue weighted by Gasteiger charge is -2.46. The van der Waals surface area contributed by atoms with Crippen molar-refractivity contribution in [2.75, 3.05) is 58.9 Å². The molecule has 3 heterocycles. The first-order valence-electron chi connectivity index (χ1n) is 10.1. The molecular weight excluding hydrogens is 284 g/mol. The van der Waals surface area contributed by atoms with Gasteiger partial charge in [-0.15, -0.1) is 0 Å². The molecule has 0 aromatic rings. The van der Waals surface area contributed by atoms with E-state index in [4.69, 9.17) is 0 Å². The first kappa shape index (κ1) is 17.7. The molecule has 0 spiro atoms. The Balaban J connectivity index is 1.39. The van der Waals surface area contributed by atoms with Gasteiger partial charge in [-0.25, -0.2) is 0 Å². The molecule has 0 aromatic carbocycles. The van der Waals surface area contributed by atoms with Crippen LogP contribution in [0.3, 0.4) is 0 Å². The molecule has 4 heteroatoms. The zero-order chi connectivity index (χ0) is 16.2. The first-order valence-corrected chi connectivity index (χ1v) is 10.1. The second-order valence-corrected chi connectivity index (χ2v) is 8.10. The van der Waals surface area contributed by atoms with E-state index in [1.54, 1.807) is 0 Å². The van der Waals surface area contributed by atoms with E-state index in [1.807, 2.05) is 0 Å². The fraction of sp³-hybridized carbons (Fsp3) is 1.00. The third-order valence-corrected chi connectivity index (χ3v) is 6.62. The number of rotatable bonds is 4. The Morgan fingerprint density at radius 1 is 0.696 bits per heavy atom. The van der Waals surface area contributed by atoms with Gasteiger partial charge in [0, 0.05) is 44.3 Å². The van der Waals surface area contributed by atoms with Crippen LogP contribution >= 0.6 is 0 Å². The molecule has 3 rings (SSSR count). The van der Waals surface area contributed by atoms with E-state index in [0.29, 0.717) is 0 Å². The molecule has 3 aliphatic rings. The summed E-state index contributed by atoms with van der Waals surface area (Å²) in [4.78, 5) is 10.8. The van der Waals surface area contributed by atoms with Gasteiger partial charge < -0.3 is 14.7 Å². The van der Waals surface area contributed by atoms with Crippen molar-refractivity contribution in [1.82, 2.24) is 19.6 Å². The lowest BCUT2D eigenvalue weighted by molar-refractivity contribution is 0.0311. The van der Waals surface area contributed by atoms with Crippen molar-refractivity contribution < 1.29 is 0 Å². The van der Waals surface area contributed by atoms with Crippen LogP contribution in [0, 0.1) is 0 Å². The van der Waals surface area contributed by atoms with E-state index < -0.39 is 0 Å². The van der Waals surface area contributed by atoms with Crippen molar-refractivity contribution in [2.45, 2.75) is 64.6 Å². The maximum atomic E-state index is 2.82. The van der Waals surface area contributed by atoms with Gasteiger partial charge in [0.25, 0.3) is 0 Å². The van der Waals surface area contributed by atoms with Gasteiger partial charge in [0.15, 0.2) is 0 Å². The number of likely N-dealkylation sites (N-methyl/N-ethyl adjacent to an activating group) is 1. The number of hydrogen-bond donors (Lipinski definition) is 0. The molecule has 0 radical (unpaired) electrons. The molecule has 3 aliphatic heterocycles. The highest BCUT2D eigenvalue weighted by Gasteiger charge is 2.31. The van der Waals surface area contributed by atoms with E-state index >= 15 is 0 Å². The fourth-order valence-corrected chi connectivity index (χ4v) is 4.83. The van der Waals surface area contributed by atoms with Crippen LogP contribution in [-0.4, -0.2) is 96.6 Å². The van der Waals surface area contributed by atoms with Crippen LogP contribution in [0.5, 0.6) is 0 Å². The van der Waals surface area contributed by atoms with E-state index in [-0.39, 0.29) is 0 Å². The lowest BCUT2D eigenvalue weighted by Crippen LogP contribution is -2.55. The van der Waals surface area contributed by atoms with E-state index in [1.165, 1.54) is 84.6 Å². The van der Waals surface area contributed by atoms with E-state index in [0.717, 1.165) is 18.1 Å². The Morgan fingerprint density at radius 3 is 1.65 bits per heavy atom. The van der Waals surface area contributed by atoms with Crippen LogP contribution in [0.1, 0.15) is 46.5 Å². The van der Waals surface area contributed by atoms with Crippen molar-refractivity contribution in [3.63, 3.8) is 0 Å². The number of piperidine rings is 2. The molecule has 0 atom stereocenters. The summed E-state index contributed by atoms with van der Waals surface area (Å²) in [6.07, 6.45) is 5.57. The van der Waals surface area contributed by atoms with Gasteiger partial charge in [0.05, 0.1) is 0 Å². The van der Waals surface area contributed by atoms with Gasteiger partial charge >= 0.3 is 0 Å². The molecule has 134 valence electrons. The summed E-state index contributed by atoms with van der Waals surface area (Å²) in [6.45, 7) is 18.6. The normalized spacial score (nSPS) is 28.7. The summed E-state index contributed by atoms with van der Waals surface area (Å²) in [5, 5.41) is 0. The van der Waals surface area contributed by atoms with Gasteiger partial charge in [-0.2, -0.15) is 0 Å². The average Bonchev–Trinajstić information content (AvgIpc) is 2.62. The van der Waals surface area contributed by atoms with Crippen molar-refractivity contribution in [1.29, 1.82) is 0 Å². The van der Waals surface area contributed by atoms with Crippen LogP contribution in [-0.2, 0) is 0 Å². The summed E-state index contributed by atoms with van der Waals surface area (Å²) in [5.74, 6) is 0. The smallest absolute Gasteiger partial charge is 0.0121 e. The van der Waals surface area contributed by atoms with Crippen molar-refractivity contribution >= 4 is 0 Å². The van der Waals surface area contributed by atoms with Gasteiger partial charge in [-0.1, -0.05) is 6.92 Å². The van der Waals surface area contributed by atoms with Crippen LogP contribution in [0.4, 0.5) is 0 Å². The Labute approximate surface area is 143 Å². The molecule has 3 saturated heterocycles. The minimum absolute atomic E-state index is 0.725. The van der Waals surface area contributed by atoms with E-state index in [9.17, 15) is 0 Å². The maximum Gasteiger partial charge on any atom is 0.0121 e. The van der Waals surface area contributed by atoms with Gasteiger partial charge in [0.1, 0.15) is 0 Å². The molecule has 0 saturated carbocycles. The molecule has 0 N–H and O–H groups in total. The lowest BCUT2D eigenvalue weighted by atomic mass is 9.96. The minimum Gasteiger partial charge on any atom is -0.301 e. The molecule has 0 unspecified atom stereocenters. The average molecular weight is 323 g/mol. The standard InChI is InChI=1S/C19H38N4/c1-4-20-13-15-23(16-14-20)19-7-11-22(12-8-19)18-5-9-21(10-6-18)17(2)3/h17-19H,4-16H2,1-3H3. The van der Waals surface area contributed by atoms with Gasteiger partial charge in [-0.3, -0.25) is 4.90 Å². The highest BCUT2D eigenvalue weighted by Crippen LogP contribution is 2.24. The number of piperazine rings is 1. The summed E-state index contributed by atoms with van der Waals surface area (Å²) >= 11 is 0. The molecule has 3 fully saturated rings. The van der Waals surface area contributed by atoms with Gasteiger partial charge in [-0.05, 0) is 72.3 Å². The highest BCUT2D eigenvalue weighted by atomic mass is 15.3. The fourth-order valence-electron chi connectivity index (χ4n) is 4.83. The monoisotopic (exact) mass is 322 g/mol. The largest absolute Gasteiger partial charge is 0.301 e. The molecule has 0 aliphatic carbocycles. The van der Waals surface area contributed by atoms with Crippen LogP contribution in [0.2, 0.25) is 0 Å². The van der Waals surface area contributed by atoms with Crippen LogP contribution in [0.15, 0.2) is 0 Å². The third-order valence-electron chi connectivity index (χ3n) is 6.62. The first-order chi connectivity index (χ1) is 11.2. The maximum absolute atomic E-state index is 2.82. The summed E-state index contributed by atoms with van der Waals surface area (Å²) in [6, 6.07) is 2.45. The summed E-state index contributed by atoms with van der Waals surface area (Å²) in [7, 11) is 0. The number of hydrogen-bond acceptors (Lipinski definition) is 4. The van der Waals surface area contributed by atoms with Crippen molar-refractivity contribution in [3.8, 4) is 0 Å². The predicted octanol–water partition coefficient (Wildman–Crippen LogP) is 1.96. The van der Waals surface area contributed by atoms with E-state index in [2.05, 4.69) is 40.4 Å². The molecule has 0 aromatic heterocycles. The highest BCUT2D eigenvalue weighted by molar-refractivity contribution is 4.88. The van der Waals surface area contributed by atoms with Crippen LogP contribution < -0.4 is 0 Å². The molecule has 0 amide bonds. The zero-order valence-corrected chi connectivity index (χ0v) is 15.7.